The van der Waals surface area contributed by atoms with E-state index in [0.29, 0.717) is 17.8 Å². The molecule has 0 aliphatic rings. The van der Waals surface area contributed by atoms with Crippen LogP contribution in [-0.2, 0) is 10.0 Å². The van der Waals surface area contributed by atoms with Gasteiger partial charge in [0, 0.05) is 12.6 Å². The van der Waals surface area contributed by atoms with Gasteiger partial charge >= 0.3 is 0 Å². The Morgan fingerprint density at radius 3 is 2.61 bits per heavy atom. The van der Waals surface area contributed by atoms with Crippen LogP contribution in [0.1, 0.15) is 19.4 Å². The molecule has 0 aliphatic heterocycles. The topological polar surface area (TPSA) is 58.2 Å². The van der Waals surface area contributed by atoms with Crippen molar-refractivity contribution in [3.8, 4) is 0 Å². The van der Waals surface area contributed by atoms with Crippen molar-refractivity contribution < 1.29 is 12.8 Å². The molecule has 0 saturated carbocycles. The van der Waals surface area contributed by atoms with E-state index in [4.69, 9.17) is 0 Å². The molecule has 0 aliphatic carbocycles. The lowest BCUT2D eigenvalue weighted by Gasteiger charge is -2.12. The van der Waals surface area contributed by atoms with Gasteiger partial charge in [-0.1, -0.05) is 19.9 Å². The summed E-state index contributed by atoms with van der Waals surface area (Å²) >= 11 is 0. The summed E-state index contributed by atoms with van der Waals surface area (Å²) in [6, 6.07) is 4.26. The first-order valence-electron chi connectivity index (χ1n) is 5.80. The summed E-state index contributed by atoms with van der Waals surface area (Å²) in [5, 5.41) is 3.02. The summed E-state index contributed by atoms with van der Waals surface area (Å²) in [5.74, 6) is -0.500. The number of nitrogens with one attached hydrogen (secondary N) is 2. The van der Waals surface area contributed by atoms with Gasteiger partial charge in [0.2, 0.25) is 10.0 Å². The number of anilines is 1. The molecule has 6 heteroatoms. The highest BCUT2D eigenvalue weighted by atomic mass is 32.2. The Hall–Kier alpha value is -1.14. The zero-order chi connectivity index (χ0) is 13.8. The fourth-order valence-electron chi connectivity index (χ4n) is 1.40. The van der Waals surface area contributed by atoms with E-state index in [-0.39, 0.29) is 11.8 Å². The smallest absolute Gasteiger partial charge is 0.233 e. The predicted molar refractivity (Wildman–Crippen MR) is 71.7 cm³/mol. The lowest BCUT2D eigenvalue weighted by molar-refractivity contribution is 0.582. The van der Waals surface area contributed by atoms with Gasteiger partial charge < -0.3 is 5.32 Å². The molecule has 0 radical (unpaired) electrons. The second-order valence-electron chi connectivity index (χ2n) is 4.49. The van der Waals surface area contributed by atoms with Crippen LogP contribution in [0.25, 0.3) is 0 Å². The van der Waals surface area contributed by atoms with Crippen molar-refractivity contribution in [2.75, 3.05) is 17.0 Å². The first-order valence-corrected chi connectivity index (χ1v) is 7.45. The maximum atomic E-state index is 13.0. The molecule has 2 N–H and O–H groups in total. The highest BCUT2D eigenvalue weighted by molar-refractivity contribution is 7.92. The second-order valence-corrected chi connectivity index (χ2v) is 6.33. The number of hydrogen-bond donors (Lipinski definition) is 2. The Morgan fingerprint density at radius 1 is 1.33 bits per heavy atom. The van der Waals surface area contributed by atoms with Crippen molar-refractivity contribution >= 4 is 15.7 Å². The number of halogens is 1. The van der Waals surface area contributed by atoms with Gasteiger partial charge in [0.15, 0.2) is 0 Å². The summed E-state index contributed by atoms with van der Waals surface area (Å²) in [7, 11) is -3.45. The molecule has 0 fully saturated rings. The van der Waals surface area contributed by atoms with Gasteiger partial charge in [0.25, 0.3) is 0 Å². The van der Waals surface area contributed by atoms with Crippen LogP contribution in [0.3, 0.4) is 0 Å². The third-order valence-corrected chi connectivity index (χ3v) is 3.66. The number of rotatable bonds is 6. The van der Waals surface area contributed by atoms with Crippen LogP contribution >= 0.6 is 0 Å². The van der Waals surface area contributed by atoms with Crippen molar-refractivity contribution in [2.45, 2.75) is 26.8 Å². The van der Waals surface area contributed by atoms with E-state index in [1.807, 2.05) is 13.8 Å². The largest absolute Gasteiger partial charge is 0.313 e. The summed E-state index contributed by atoms with van der Waals surface area (Å²) in [6.07, 6.45) is 0. The summed E-state index contributed by atoms with van der Waals surface area (Å²) in [6.45, 7) is 5.97. The zero-order valence-electron chi connectivity index (χ0n) is 10.8. The third-order valence-electron chi connectivity index (χ3n) is 2.39. The molecular weight excluding hydrogens is 255 g/mol. The van der Waals surface area contributed by atoms with Crippen LogP contribution in [0, 0.1) is 12.7 Å². The molecular formula is C12H19FN2O2S. The third kappa shape index (κ3) is 5.01. The van der Waals surface area contributed by atoms with E-state index < -0.39 is 15.8 Å². The van der Waals surface area contributed by atoms with Gasteiger partial charge in [-0.05, 0) is 24.6 Å². The van der Waals surface area contributed by atoms with Crippen LogP contribution < -0.4 is 10.0 Å². The average molecular weight is 274 g/mol. The predicted octanol–water partition coefficient (Wildman–Crippen LogP) is 1.87. The van der Waals surface area contributed by atoms with E-state index in [1.54, 1.807) is 13.0 Å². The summed E-state index contributed by atoms with van der Waals surface area (Å²) < 4.78 is 39.0. The normalized spacial score (nSPS) is 11.8. The van der Waals surface area contributed by atoms with Crippen LogP contribution in [0.4, 0.5) is 10.1 Å². The SMILES string of the molecule is Cc1ccc(F)cc1NS(=O)(=O)CCNC(C)C. The van der Waals surface area contributed by atoms with Crippen molar-refractivity contribution in [3.63, 3.8) is 0 Å². The molecule has 4 nitrogen and oxygen atoms in total. The van der Waals surface area contributed by atoms with E-state index in [2.05, 4.69) is 10.0 Å². The van der Waals surface area contributed by atoms with Crippen molar-refractivity contribution in [2.24, 2.45) is 0 Å². The molecule has 18 heavy (non-hydrogen) atoms. The maximum Gasteiger partial charge on any atom is 0.233 e. The van der Waals surface area contributed by atoms with Crippen LogP contribution in [0.2, 0.25) is 0 Å². The molecule has 1 aromatic carbocycles. The van der Waals surface area contributed by atoms with Crippen molar-refractivity contribution in [3.05, 3.63) is 29.6 Å². The van der Waals surface area contributed by atoms with Gasteiger partial charge in [0.1, 0.15) is 5.82 Å². The molecule has 0 heterocycles. The van der Waals surface area contributed by atoms with Gasteiger partial charge in [-0.3, -0.25) is 4.72 Å². The summed E-state index contributed by atoms with van der Waals surface area (Å²) in [4.78, 5) is 0. The monoisotopic (exact) mass is 274 g/mol. The fourth-order valence-corrected chi connectivity index (χ4v) is 2.45. The van der Waals surface area contributed by atoms with E-state index in [1.165, 1.54) is 12.1 Å². The minimum Gasteiger partial charge on any atom is -0.313 e. The van der Waals surface area contributed by atoms with Crippen LogP contribution in [0.15, 0.2) is 18.2 Å². The molecule has 0 bridgehead atoms. The lowest BCUT2D eigenvalue weighted by Crippen LogP contribution is -2.31. The first kappa shape index (κ1) is 14.9. The Bertz CT molecular complexity index is 501. The highest BCUT2D eigenvalue weighted by Gasteiger charge is 2.12. The van der Waals surface area contributed by atoms with Crippen LogP contribution in [-0.4, -0.2) is 26.8 Å². The standard InChI is InChI=1S/C12H19FN2O2S/c1-9(2)14-6-7-18(16,17)15-12-8-11(13)5-4-10(12)3/h4-5,8-9,14-15H,6-7H2,1-3H3. The van der Waals surface area contributed by atoms with E-state index >= 15 is 0 Å². The Morgan fingerprint density at radius 2 is 2.00 bits per heavy atom. The number of benzene rings is 1. The molecule has 102 valence electrons. The van der Waals surface area contributed by atoms with Crippen LogP contribution in [0.5, 0.6) is 0 Å². The summed E-state index contributed by atoms with van der Waals surface area (Å²) in [5.41, 5.74) is 0.983. The molecule has 0 saturated heterocycles. The fraction of sp³-hybridized carbons (Fsp3) is 0.500. The van der Waals surface area contributed by atoms with Gasteiger partial charge in [-0.2, -0.15) is 0 Å². The second kappa shape index (κ2) is 6.15. The van der Waals surface area contributed by atoms with E-state index in [9.17, 15) is 12.8 Å². The zero-order valence-corrected chi connectivity index (χ0v) is 11.6. The molecule has 1 rings (SSSR count). The van der Waals surface area contributed by atoms with Crippen molar-refractivity contribution in [1.82, 2.24) is 5.32 Å². The molecule has 0 aromatic heterocycles. The minimum absolute atomic E-state index is 0.0405. The minimum atomic E-state index is -3.45. The van der Waals surface area contributed by atoms with E-state index in [0.717, 1.165) is 0 Å². The first-order chi connectivity index (χ1) is 8.30. The maximum absolute atomic E-state index is 13.0. The molecule has 0 atom stereocenters. The number of aryl methyl sites for hydroxylation is 1. The Kier molecular flexibility index (Phi) is 5.10. The Labute approximate surface area is 108 Å². The van der Waals surface area contributed by atoms with Gasteiger partial charge in [0.05, 0.1) is 11.4 Å². The number of sulfonamides is 1. The molecule has 0 unspecified atom stereocenters. The Balaban J connectivity index is 2.67. The van der Waals surface area contributed by atoms with Gasteiger partial charge in [-0.15, -0.1) is 0 Å². The molecule has 0 spiro atoms. The quantitative estimate of drug-likeness (QED) is 0.832. The number of hydrogen-bond acceptors (Lipinski definition) is 3. The lowest BCUT2D eigenvalue weighted by atomic mass is 10.2. The van der Waals surface area contributed by atoms with Crippen molar-refractivity contribution in [1.29, 1.82) is 0 Å². The highest BCUT2D eigenvalue weighted by Crippen LogP contribution is 2.17. The molecule has 0 amide bonds. The molecule has 1 aromatic rings. The average Bonchev–Trinajstić information content (AvgIpc) is 2.22. The van der Waals surface area contributed by atoms with Gasteiger partial charge in [-0.25, -0.2) is 12.8 Å².